The summed E-state index contributed by atoms with van der Waals surface area (Å²) in [5, 5.41) is 8.20. The predicted molar refractivity (Wildman–Crippen MR) is 53.9 cm³/mol. The molecule has 0 atom stereocenters. The van der Waals surface area contributed by atoms with Crippen molar-refractivity contribution < 1.29 is 0 Å². The molecule has 0 unspecified atom stereocenters. The zero-order valence-electron chi connectivity index (χ0n) is 8.32. The Bertz CT molecular complexity index is 336. The minimum Gasteiger partial charge on any atom is -0.381 e. The third-order valence-corrected chi connectivity index (χ3v) is 3.67. The van der Waals surface area contributed by atoms with Crippen molar-refractivity contribution >= 4 is 5.82 Å². The van der Waals surface area contributed by atoms with Crippen molar-refractivity contribution in [2.45, 2.75) is 50.5 Å². The highest BCUT2D eigenvalue weighted by Gasteiger charge is 2.31. The van der Waals surface area contributed by atoms with Gasteiger partial charge in [0.15, 0.2) is 5.82 Å². The molecule has 14 heavy (non-hydrogen) atoms. The molecule has 0 bridgehead atoms. The van der Waals surface area contributed by atoms with E-state index in [4.69, 9.17) is 5.73 Å². The summed E-state index contributed by atoms with van der Waals surface area (Å²) in [4.78, 5) is 0. The Hall–Kier alpha value is -1.06. The molecule has 0 saturated heterocycles. The Morgan fingerprint density at radius 3 is 2.36 bits per heavy atom. The SMILES string of the molecule is Nc1nnn(C2CCC2)c1C1CCC1. The van der Waals surface area contributed by atoms with E-state index in [1.54, 1.807) is 0 Å². The lowest BCUT2D eigenvalue weighted by Gasteiger charge is -2.31. The monoisotopic (exact) mass is 192 g/mol. The quantitative estimate of drug-likeness (QED) is 0.778. The van der Waals surface area contributed by atoms with Crippen molar-refractivity contribution in [1.29, 1.82) is 0 Å². The first-order valence-corrected chi connectivity index (χ1v) is 5.57. The lowest BCUT2D eigenvalue weighted by molar-refractivity contribution is 0.262. The molecule has 76 valence electrons. The molecule has 0 spiro atoms. The standard InChI is InChI=1S/C10H16N4/c11-10-9(7-3-1-4-7)14(13-12-10)8-5-2-6-8/h7-8H,1-6,11H2. The van der Waals surface area contributed by atoms with Crippen LogP contribution in [0.2, 0.25) is 0 Å². The van der Waals surface area contributed by atoms with E-state index in [1.165, 1.54) is 44.2 Å². The number of hydrogen-bond acceptors (Lipinski definition) is 3. The number of aromatic nitrogens is 3. The van der Waals surface area contributed by atoms with Gasteiger partial charge in [-0.2, -0.15) is 0 Å². The van der Waals surface area contributed by atoms with Crippen molar-refractivity contribution in [2.24, 2.45) is 0 Å². The molecule has 0 amide bonds. The van der Waals surface area contributed by atoms with E-state index in [0.29, 0.717) is 17.8 Å². The summed E-state index contributed by atoms with van der Waals surface area (Å²) in [5.41, 5.74) is 7.10. The molecule has 0 radical (unpaired) electrons. The summed E-state index contributed by atoms with van der Waals surface area (Å²) in [5.74, 6) is 1.31. The Morgan fingerprint density at radius 2 is 1.86 bits per heavy atom. The maximum Gasteiger partial charge on any atom is 0.169 e. The number of rotatable bonds is 2. The normalized spacial score (nSPS) is 23.1. The Labute approximate surface area is 83.5 Å². The lowest BCUT2D eigenvalue weighted by Crippen LogP contribution is -2.24. The fourth-order valence-corrected chi connectivity index (χ4v) is 2.29. The molecule has 3 rings (SSSR count). The van der Waals surface area contributed by atoms with Gasteiger partial charge < -0.3 is 5.73 Å². The molecule has 2 saturated carbocycles. The van der Waals surface area contributed by atoms with Crippen LogP contribution in [0.15, 0.2) is 0 Å². The maximum absolute atomic E-state index is 5.87. The second kappa shape index (κ2) is 2.97. The van der Waals surface area contributed by atoms with Crippen LogP contribution in [0.5, 0.6) is 0 Å². The van der Waals surface area contributed by atoms with Gasteiger partial charge in [-0.25, -0.2) is 4.68 Å². The third-order valence-electron chi connectivity index (χ3n) is 3.67. The highest BCUT2D eigenvalue weighted by molar-refractivity contribution is 5.37. The van der Waals surface area contributed by atoms with Crippen molar-refractivity contribution in [3.05, 3.63) is 5.69 Å². The molecule has 4 nitrogen and oxygen atoms in total. The number of anilines is 1. The second-order valence-electron chi connectivity index (χ2n) is 4.52. The van der Waals surface area contributed by atoms with E-state index < -0.39 is 0 Å². The molecule has 4 heteroatoms. The van der Waals surface area contributed by atoms with E-state index in [1.807, 2.05) is 0 Å². The molecule has 0 aliphatic heterocycles. The molecule has 1 heterocycles. The minimum atomic E-state index is 0.593. The molecular weight excluding hydrogens is 176 g/mol. The van der Waals surface area contributed by atoms with Crippen molar-refractivity contribution in [3.63, 3.8) is 0 Å². The topological polar surface area (TPSA) is 56.7 Å². The summed E-state index contributed by atoms with van der Waals surface area (Å²) in [7, 11) is 0. The smallest absolute Gasteiger partial charge is 0.169 e. The van der Waals surface area contributed by atoms with Crippen molar-refractivity contribution in [2.75, 3.05) is 5.73 Å². The van der Waals surface area contributed by atoms with Crippen LogP contribution in [0.25, 0.3) is 0 Å². The van der Waals surface area contributed by atoms with Gasteiger partial charge in [-0.05, 0) is 32.1 Å². The number of nitrogens with zero attached hydrogens (tertiary/aromatic N) is 3. The minimum absolute atomic E-state index is 0.593. The highest BCUT2D eigenvalue weighted by atomic mass is 15.5. The van der Waals surface area contributed by atoms with E-state index in [0.717, 1.165) is 0 Å². The number of hydrogen-bond donors (Lipinski definition) is 1. The van der Waals surface area contributed by atoms with Crippen LogP contribution in [0.1, 0.15) is 56.2 Å². The van der Waals surface area contributed by atoms with Gasteiger partial charge in [0, 0.05) is 5.92 Å². The summed E-state index contributed by atoms with van der Waals surface area (Å²) >= 11 is 0. The number of nitrogens with two attached hydrogens (primary N) is 1. The Balaban J connectivity index is 1.93. The molecule has 2 fully saturated rings. The van der Waals surface area contributed by atoms with E-state index >= 15 is 0 Å². The fourth-order valence-electron chi connectivity index (χ4n) is 2.29. The first-order chi connectivity index (χ1) is 6.86. The van der Waals surface area contributed by atoms with E-state index in [9.17, 15) is 0 Å². The average molecular weight is 192 g/mol. The lowest BCUT2D eigenvalue weighted by atomic mass is 9.82. The van der Waals surface area contributed by atoms with Gasteiger partial charge in [0.1, 0.15) is 0 Å². The van der Waals surface area contributed by atoms with Gasteiger partial charge >= 0.3 is 0 Å². The molecule has 0 aromatic carbocycles. The number of nitrogen functional groups attached to an aromatic ring is 1. The average Bonchev–Trinajstić information content (AvgIpc) is 2.29. The molecule has 2 aliphatic carbocycles. The van der Waals surface area contributed by atoms with Crippen LogP contribution < -0.4 is 5.73 Å². The van der Waals surface area contributed by atoms with Crippen molar-refractivity contribution in [3.8, 4) is 0 Å². The zero-order chi connectivity index (χ0) is 9.54. The van der Waals surface area contributed by atoms with Gasteiger partial charge in [-0.1, -0.05) is 11.6 Å². The van der Waals surface area contributed by atoms with Crippen LogP contribution in [0, 0.1) is 0 Å². The van der Waals surface area contributed by atoms with Crippen LogP contribution in [-0.2, 0) is 0 Å². The first kappa shape index (κ1) is 8.26. The maximum atomic E-state index is 5.87. The highest BCUT2D eigenvalue weighted by Crippen LogP contribution is 2.41. The third kappa shape index (κ3) is 1.06. The van der Waals surface area contributed by atoms with Crippen LogP contribution in [0.4, 0.5) is 5.82 Å². The van der Waals surface area contributed by atoms with Crippen LogP contribution in [-0.4, -0.2) is 15.0 Å². The molecule has 1 aromatic rings. The Kier molecular flexibility index (Phi) is 1.75. The second-order valence-corrected chi connectivity index (χ2v) is 4.52. The summed E-state index contributed by atoms with van der Waals surface area (Å²) < 4.78 is 2.10. The predicted octanol–water partition coefficient (Wildman–Crippen LogP) is 1.85. The van der Waals surface area contributed by atoms with Gasteiger partial charge in [-0.3, -0.25) is 0 Å². The van der Waals surface area contributed by atoms with Crippen LogP contribution >= 0.6 is 0 Å². The summed E-state index contributed by atoms with van der Waals surface area (Å²) in [6, 6.07) is 0.593. The van der Waals surface area contributed by atoms with Crippen LogP contribution in [0.3, 0.4) is 0 Å². The van der Waals surface area contributed by atoms with Gasteiger partial charge in [0.05, 0.1) is 11.7 Å². The van der Waals surface area contributed by atoms with Gasteiger partial charge in [-0.15, -0.1) is 5.10 Å². The van der Waals surface area contributed by atoms with Gasteiger partial charge in [0.25, 0.3) is 0 Å². The Morgan fingerprint density at radius 1 is 1.14 bits per heavy atom. The molecule has 2 aliphatic rings. The summed E-state index contributed by atoms with van der Waals surface area (Å²) in [6.07, 6.45) is 7.70. The zero-order valence-corrected chi connectivity index (χ0v) is 8.32. The molecular formula is C10H16N4. The van der Waals surface area contributed by atoms with E-state index in [2.05, 4.69) is 15.0 Å². The summed E-state index contributed by atoms with van der Waals surface area (Å²) in [6.45, 7) is 0. The molecule has 1 aromatic heterocycles. The van der Waals surface area contributed by atoms with E-state index in [-0.39, 0.29) is 0 Å². The first-order valence-electron chi connectivity index (χ1n) is 5.57. The van der Waals surface area contributed by atoms with Crippen molar-refractivity contribution in [1.82, 2.24) is 15.0 Å². The van der Waals surface area contributed by atoms with Gasteiger partial charge in [0.2, 0.25) is 0 Å². The largest absolute Gasteiger partial charge is 0.381 e. The molecule has 2 N–H and O–H groups in total. The fraction of sp³-hybridized carbons (Fsp3) is 0.800.